The lowest BCUT2D eigenvalue weighted by atomic mass is 10.3. The molecule has 1 aliphatic heterocycles. The smallest absolute Gasteiger partial charge is 0.378 e. The highest BCUT2D eigenvalue weighted by atomic mass is 19.4. The van der Waals surface area contributed by atoms with Crippen LogP contribution in [0.5, 0.6) is 0 Å². The molecule has 122 valence electrons. The van der Waals surface area contributed by atoms with Crippen LogP contribution in [0.15, 0.2) is 30.6 Å². The van der Waals surface area contributed by atoms with Crippen molar-refractivity contribution >= 4 is 17.3 Å². The number of anilines is 3. The maximum Gasteiger partial charge on any atom is 0.418 e. The van der Waals surface area contributed by atoms with E-state index in [1.54, 1.807) is 12.3 Å². The van der Waals surface area contributed by atoms with Crippen LogP contribution >= 0.6 is 0 Å². The molecule has 9 heteroatoms. The van der Waals surface area contributed by atoms with Crippen molar-refractivity contribution in [1.29, 1.82) is 0 Å². The number of hydrogen-bond donors (Lipinski definition) is 1. The normalized spacial score (nSPS) is 15.5. The first-order valence-electron chi connectivity index (χ1n) is 6.99. The van der Waals surface area contributed by atoms with Crippen molar-refractivity contribution in [2.75, 3.05) is 36.5 Å². The van der Waals surface area contributed by atoms with Gasteiger partial charge in [0.2, 0.25) is 0 Å². The van der Waals surface area contributed by atoms with Gasteiger partial charge in [-0.15, -0.1) is 5.10 Å². The minimum atomic E-state index is -4.47. The fraction of sp³-hybridized carbons (Fsp3) is 0.357. The van der Waals surface area contributed by atoms with Gasteiger partial charge >= 0.3 is 6.18 Å². The van der Waals surface area contributed by atoms with Gasteiger partial charge in [0.15, 0.2) is 11.6 Å². The van der Waals surface area contributed by atoms with Crippen LogP contribution in [0.4, 0.5) is 30.5 Å². The minimum Gasteiger partial charge on any atom is -0.378 e. The van der Waals surface area contributed by atoms with Gasteiger partial charge in [-0.05, 0) is 18.2 Å². The standard InChI is InChI=1S/C14H14F3N5O/c15-14(16,17)10-8-12(21-19-9-10)20-13-11(2-1-3-18-13)22-4-6-23-7-5-22/h1-3,8-9H,4-7H2,(H,18,20,21). The third kappa shape index (κ3) is 3.67. The highest BCUT2D eigenvalue weighted by molar-refractivity contribution is 5.70. The van der Waals surface area contributed by atoms with Crippen molar-refractivity contribution in [1.82, 2.24) is 15.2 Å². The summed E-state index contributed by atoms with van der Waals surface area (Å²) in [6.45, 7) is 2.57. The second kappa shape index (κ2) is 6.37. The number of rotatable bonds is 3. The summed E-state index contributed by atoms with van der Waals surface area (Å²) in [7, 11) is 0. The van der Waals surface area contributed by atoms with E-state index in [1.165, 1.54) is 0 Å². The zero-order chi connectivity index (χ0) is 16.3. The van der Waals surface area contributed by atoms with Gasteiger partial charge in [-0.1, -0.05) is 0 Å². The quantitative estimate of drug-likeness (QED) is 0.935. The zero-order valence-corrected chi connectivity index (χ0v) is 12.0. The predicted octanol–water partition coefficient (Wildman–Crippen LogP) is 2.47. The van der Waals surface area contributed by atoms with Gasteiger partial charge in [-0.25, -0.2) is 4.98 Å². The molecule has 0 aliphatic carbocycles. The lowest BCUT2D eigenvalue weighted by molar-refractivity contribution is -0.137. The number of nitrogens with one attached hydrogen (secondary N) is 1. The minimum absolute atomic E-state index is 0.00645. The molecule has 1 N–H and O–H groups in total. The third-order valence-corrected chi connectivity index (χ3v) is 3.37. The summed E-state index contributed by atoms with van der Waals surface area (Å²) < 4.78 is 43.5. The first-order valence-corrected chi connectivity index (χ1v) is 6.99. The fourth-order valence-corrected chi connectivity index (χ4v) is 2.26. The zero-order valence-electron chi connectivity index (χ0n) is 12.0. The Morgan fingerprint density at radius 3 is 2.74 bits per heavy atom. The predicted molar refractivity (Wildman–Crippen MR) is 77.6 cm³/mol. The molecule has 6 nitrogen and oxygen atoms in total. The number of ether oxygens (including phenoxy) is 1. The number of aromatic nitrogens is 3. The first kappa shape index (κ1) is 15.5. The summed E-state index contributed by atoms with van der Waals surface area (Å²) in [5.41, 5.74) is -0.0751. The molecule has 1 fully saturated rings. The summed E-state index contributed by atoms with van der Waals surface area (Å²) in [5.74, 6) is 0.427. The molecule has 0 amide bonds. The molecule has 0 atom stereocenters. The van der Waals surface area contributed by atoms with Gasteiger partial charge in [-0.3, -0.25) is 0 Å². The van der Waals surface area contributed by atoms with Crippen LogP contribution < -0.4 is 10.2 Å². The van der Waals surface area contributed by atoms with E-state index in [4.69, 9.17) is 4.74 Å². The van der Waals surface area contributed by atoms with Crippen LogP contribution in [0.3, 0.4) is 0 Å². The average molecular weight is 325 g/mol. The number of nitrogens with zero attached hydrogens (tertiary/aromatic N) is 4. The molecule has 1 saturated heterocycles. The van der Waals surface area contributed by atoms with Crippen molar-refractivity contribution in [3.63, 3.8) is 0 Å². The second-order valence-electron chi connectivity index (χ2n) is 4.92. The molecule has 0 aromatic carbocycles. The van der Waals surface area contributed by atoms with Gasteiger partial charge in [0.05, 0.1) is 30.7 Å². The van der Waals surface area contributed by atoms with E-state index in [-0.39, 0.29) is 5.82 Å². The maximum atomic E-state index is 12.7. The summed E-state index contributed by atoms with van der Waals surface area (Å²) >= 11 is 0. The largest absolute Gasteiger partial charge is 0.418 e. The average Bonchev–Trinajstić information content (AvgIpc) is 2.56. The molecule has 0 spiro atoms. The lowest BCUT2D eigenvalue weighted by Crippen LogP contribution is -2.36. The Kier molecular flexibility index (Phi) is 4.28. The summed E-state index contributed by atoms with van der Waals surface area (Å²) in [5, 5.41) is 9.90. The maximum absolute atomic E-state index is 12.7. The SMILES string of the molecule is FC(F)(F)c1cnnc(Nc2ncccc2N2CCOCC2)c1. The van der Waals surface area contributed by atoms with Crippen molar-refractivity contribution in [3.05, 3.63) is 36.2 Å². The fourth-order valence-electron chi connectivity index (χ4n) is 2.26. The molecule has 3 heterocycles. The van der Waals surface area contributed by atoms with E-state index in [0.717, 1.165) is 11.8 Å². The van der Waals surface area contributed by atoms with E-state index in [1.807, 2.05) is 6.07 Å². The topological polar surface area (TPSA) is 63.2 Å². The van der Waals surface area contributed by atoms with E-state index in [9.17, 15) is 13.2 Å². The Morgan fingerprint density at radius 1 is 1.22 bits per heavy atom. The number of pyridine rings is 1. The monoisotopic (exact) mass is 325 g/mol. The number of alkyl halides is 3. The van der Waals surface area contributed by atoms with Gasteiger partial charge < -0.3 is 15.0 Å². The van der Waals surface area contributed by atoms with Gasteiger partial charge in [0.1, 0.15) is 0 Å². The molecule has 1 aliphatic rings. The highest BCUT2D eigenvalue weighted by Crippen LogP contribution is 2.31. The molecule has 23 heavy (non-hydrogen) atoms. The number of halogens is 3. The van der Waals surface area contributed by atoms with Crippen LogP contribution in [0.25, 0.3) is 0 Å². The summed E-state index contributed by atoms with van der Waals surface area (Å²) in [4.78, 5) is 6.25. The summed E-state index contributed by atoms with van der Waals surface area (Å²) in [6, 6.07) is 4.53. The van der Waals surface area contributed by atoms with E-state index >= 15 is 0 Å². The van der Waals surface area contributed by atoms with Crippen molar-refractivity contribution < 1.29 is 17.9 Å². The molecule has 0 bridgehead atoms. The van der Waals surface area contributed by atoms with Crippen LogP contribution in [-0.2, 0) is 10.9 Å². The van der Waals surface area contributed by atoms with Crippen molar-refractivity contribution in [2.45, 2.75) is 6.18 Å². The van der Waals surface area contributed by atoms with Crippen molar-refractivity contribution in [2.24, 2.45) is 0 Å². The molecule has 0 radical (unpaired) electrons. The van der Waals surface area contributed by atoms with Crippen molar-refractivity contribution in [3.8, 4) is 0 Å². The van der Waals surface area contributed by atoms with Gasteiger partial charge in [0.25, 0.3) is 0 Å². The molecular weight excluding hydrogens is 311 g/mol. The van der Waals surface area contributed by atoms with E-state index in [0.29, 0.717) is 38.3 Å². The number of morpholine rings is 1. The van der Waals surface area contributed by atoms with Crippen LogP contribution in [-0.4, -0.2) is 41.5 Å². The van der Waals surface area contributed by atoms with Crippen LogP contribution in [0, 0.1) is 0 Å². The molecule has 3 rings (SSSR count). The molecule has 0 unspecified atom stereocenters. The molecule has 2 aromatic rings. The third-order valence-electron chi connectivity index (χ3n) is 3.37. The van der Waals surface area contributed by atoms with E-state index in [2.05, 4.69) is 25.4 Å². The molecule has 0 saturated carbocycles. The van der Waals surface area contributed by atoms with Gasteiger partial charge in [-0.2, -0.15) is 18.3 Å². The highest BCUT2D eigenvalue weighted by Gasteiger charge is 2.31. The van der Waals surface area contributed by atoms with E-state index < -0.39 is 11.7 Å². The second-order valence-corrected chi connectivity index (χ2v) is 4.92. The Balaban J connectivity index is 1.86. The Labute approximate surface area is 130 Å². The molecule has 2 aromatic heterocycles. The Morgan fingerprint density at radius 2 is 2.00 bits per heavy atom. The van der Waals surface area contributed by atoms with Crippen LogP contribution in [0.2, 0.25) is 0 Å². The molecular formula is C14H14F3N5O. The summed E-state index contributed by atoms with van der Waals surface area (Å²) in [6.07, 6.45) is -2.22. The van der Waals surface area contributed by atoms with Crippen LogP contribution in [0.1, 0.15) is 5.56 Å². The number of hydrogen-bond acceptors (Lipinski definition) is 6. The van der Waals surface area contributed by atoms with Gasteiger partial charge in [0, 0.05) is 19.3 Å². The Hall–Kier alpha value is -2.42. The lowest BCUT2D eigenvalue weighted by Gasteiger charge is -2.30. The first-order chi connectivity index (χ1) is 11.0. The Bertz CT molecular complexity index is 673.